The molecule has 0 bridgehead atoms. The minimum Gasteiger partial charge on any atom is -0.380 e. The maximum absolute atomic E-state index is 4.57. The maximum Gasteiger partial charge on any atom is 0.139 e. The van der Waals surface area contributed by atoms with Gasteiger partial charge in [-0.1, -0.05) is 30.3 Å². The van der Waals surface area contributed by atoms with Crippen LogP contribution < -0.4 is 5.32 Å². The number of hydrogen-bond donors (Lipinski definition) is 3. The van der Waals surface area contributed by atoms with Crippen molar-refractivity contribution in [3.05, 3.63) is 66.7 Å². The van der Waals surface area contributed by atoms with Gasteiger partial charge < -0.3 is 10.3 Å². The van der Waals surface area contributed by atoms with Gasteiger partial charge in [-0.05, 0) is 31.0 Å². The van der Waals surface area contributed by atoms with Crippen molar-refractivity contribution in [2.45, 2.75) is 25.4 Å². The monoisotopic (exact) mass is 372 g/mol. The number of aromatic nitrogens is 4. The van der Waals surface area contributed by atoms with Crippen LogP contribution in [-0.4, -0.2) is 44.2 Å². The topological polar surface area (TPSA) is 72.6 Å². The number of nitrogens with one attached hydrogen (secondary N) is 3. The maximum atomic E-state index is 4.57. The predicted octanol–water partition coefficient (Wildman–Crippen LogP) is 4.03. The molecule has 0 aliphatic carbocycles. The molecule has 1 saturated heterocycles. The van der Waals surface area contributed by atoms with Gasteiger partial charge in [-0.25, -0.2) is 4.98 Å². The standard InChI is InChI=1S/C22H24N6/c1-2-5-16(6-3-1)14-28-10-4-7-18(15-28)27-21-19-8-9-23-22(19)24-13-20(21)17-11-25-26-12-17/h1-3,5-6,8-9,11-13,18H,4,7,10,14-15H2,(H,25,26)(H2,23,24,27)/t18-/m0/s1. The molecule has 4 aromatic rings. The molecule has 4 heterocycles. The van der Waals surface area contributed by atoms with E-state index in [0.717, 1.165) is 47.5 Å². The third-order valence-corrected chi connectivity index (χ3v) is 5.50. The minimum absolute atomic E-state index is 0.406. The molecule has 28 heavy (non-hydrogen) atoms. The number of anilines is 1. The number of nitrogens with zero attached hydrogens (tertiary/aromatic N) is 3. The molecule has 0 unspecified atom stereocenters. The highest BCUT2D eigenvalue weighted by Gasteiger charge is 2.22. The molecule has 1 fully saturated rings. The van der Waals surface area contributed by atoms with Crippen LogP contribution in [-0.2, 0) is 6.54 Å². The summed E-state index contributed by atoms with van der Waals surface area (Å²) in [4.78, 5) is 10.3. The number of hydrogen-bond acceptors (Lipinski definition) is 4. The molecular weight excluding hydrogens is 348 g/mol. The Hall–Kier alpha value is -3.12. The zero-order valence-corrected chi connectivity index (χ0v) is 15.7. The largest absolute Gasteiger partial charge is 0.380 e. The zero-order chi connectivity index (χ0) is 18.8. The van der Waals surface area contributed by atoms with Crippen molar-refractivity contribution in [1.82, 2.24) is 25.1 Å². The fourth-order valence-corrected chi connectivity index (χ4v) is 4.14. The summed E-state index contributed by atoms with van der Waals surface area (Å²) in [7, 11) is 0. The van der Waals surface area contributed by atoms with Gasteiger partial charge in [0.15, 0.2) is 0 Å². The molecule has 3 aromatic heterocycles. The van der Waals surface area contributed by atoms with Gasteiger partial charge in [-0.3, -0.25) is 10.00 Å². The third-order valence-electron chi connectivity index (χ3n) is 5.50. The summed E-state index contributed by atoms with van der Waals surface area (Å²) in [5.41, 5.74) is 5.56. The summed E-state index contributed by atoms with van der Waals surface area (Å²) in [5.74, 6) is 0. The Morgan fingerprint density at radius 1 is 1.14 bits per heavy atom. The molecule has 0 radical (unpaired) electrons. The van der Waals surface area contributed by atoms with Crippen LogP contribution in [0.2, 0.25) is 0 Å². The highest BCUT2D eigenvalue weighted by molar-refractivity contribution is 5.98. The molecule has 6 heteroatoms. The predicted molar refractivity (Wildman–Crippen MR) is 112 cm³/mol. The molecule has 1 aromatic carbocycles. The van der Waals surface area contributed by atoms with Crippen LogP contribution in [0.3, 0.4) is 0 Å². The van der Waals surface area contributed by atoms with Crippen LogP contribution in [0.4, 0.5) is 5.69 Å². The van der Waals surface area contributed by atoms with Crippen molar-refractivity contribution in [3.8, 4) is 11.1 Å². The van der Waals surface area contributed by atoms with Crippen molar-refractivity contribution in [1.29, 1.82) is 0 Å². The summed E-state index contributed by atoms with van der Waals surface area (Å²) in [6, 6.07) is 13.2. The lowest BCUT2D eigenvalue weighted by Gasteiger charge is -2.34. The van der Waals surface area contributed by atoms with Crippen LogP contribution in [0.25, 0.3) is 22.2 Å². The molecule has 0 saturated carbocycles. The fourth-order valence-electron chi connectivity index (χ4n) is 4.14. The van der Waals surface area contributed by atoms with E-state index in [1.165, 1.54) is 18.4 Å². The van der Waals surface area contributed by atoms with Gasteiger partial charge in [0.25, 0.3) is 0 Å². The molecule has 3 N–H and O–H groups in total. The van der Waals surface area contributed by atoms with E-state index in [9.17, 15) is 0 Å². The second kappa shape index (κ2) is 7.48. The van der Waals surface area contributed by atoms with E-state index in [1.807, 2.05) is 24.8 Å². The van der Waals surface area contributed by atoms with Gasteiger partial charge in [-0.15, -0.1) is 0 Å². The van der Waals surface area contributed by atoms with E-state index in [0.29, 0.717) is 6.04 Å². The van der Waals surface area contributed by atoms with E-state index >= 15 is 0 Å². The number of likely N-dealkylation sites (tertiary alicyclic amines) is 1. The molecule has 6 nitrogen and oxygen atoms in total. The molecule has 1 aliphatic heterocycles. The number of pyridine rings is 1. The first-order chi connectivity index (χ1) is 13.9. The van der Waals surface area contributed by atoms with Crippen LogP contribution >= 0.6 is 0 Å². The lowest BCUT2D eigenvalue weighted by Crippen LogP contribution is -2.41. The van der Waals surface area contributed by atoms with Crippen molar-refractivity contribution in [2.24, 2.45) is 0 Å². The van der Waals surface area contributed by atoms with Crippen molar-refractivity contribution >= 4 is 16.7 Å². The number of piperidine rings is 1. The van der Waals surface area contributed by atoms with E-state index in [1.54, 1.807) is 0 Å². The van der Waals surface area contributed by atoms with Gasteiger partial charge in [0, 0.05) is 54.2 Å². The smallest absolute Gasteiger partial charge is 0.139 e. The average Bonchev–Trinajstić information content (AvgIpc) is 3.41. The van der Waals surface area contributed by atoms with Crippen LogP contribution in [0, 0.1) is 0 Å². The van der Waals surface area contributed by atoms with E-state index in [2.05, 4.69) is 66.8 Å². The molecule has 5 rings (SSSR count). The highest BCUT2D eigenvalue weighted by atomic mass is 15.2. The first-order valence-corrected chi connectivity index (χ1v) is 9.85. The highest BCUT2D eigenvalue weighted by Crippen LogP contribution is 2.34. The quantitative estimate of drug-likeness (QED) is 0.495. The first-order valence-electron chi connectivity index (χ1n) is 9.85. The number of H-pyrrole nitrogens is 2. The fraction of sp³-hybridized carbons (Fsp3) is 0.273. The van der Waals surface area contributed by atoms with Crippen LogP contribution in [0.5, 0.6) is 0 Å². The van der Waals surface area contributed by atoms with Gasteiger partial charge in [0.1, 0.15) is 5.65 Å². The minimum atomic E-state index is 0.406. The normalized spacial score (nSPS) is 17.8. The zero-order valence-electron chi connectivity index (χ0n) is 15.7. The van der Waals surface area contributed by atoms with E-state index < -0.39 is 0 Å². The molecular formula is C22H24N6. The molecule has 1 atom stereocenters. The Morgan fingerprint density at radius 3 is 2.93 bits per heavy atom. The Bertz CT molecular complexity index is 1040. The summed E-state index contributed by atoms with van der Waals surface area (Å²) in [5, 5.41) is 12.0. The average molecular weight is 372 g/mol. The lowest BCUT2D eigenvalue weighted by atomic mass is 10.0. The lowest BCUT2D eigenvalue weighted by molar-refractivity contribution is 0.208. The summed E-state index contributed by atoms with van der Waals surface area (Å²) < 4.78 is 0. The van der Waals surface area contributed by atoms with E-state index in [4.69, 9.17) is 0 Å². The Kier molecular flexibility index (Phi) is 4.54. The Morgan fingerprint density at radius 2 is 2.07 bits per heavy atom. The molecule has 142 valence electrons. The number of rotatable bonds is 5. The van der Waals surface area contributed by atoms with Crippen molar-refractivity contribution in [3.63, 3.8) is 0 Å². The molecule has 0 amide bonds. The van der Waals surface area contributed by atoms with Crippen molar-refractivity contribution in [2.75, 3.05) is 18.4 Å². The van der Waals surface area contributed by atoms with E-state index in [-0.39, 0.29) is 0 Å². The summed E-state index contributed by atoms with van der Waals surface area (Å²) in [6.07, 6.45) is 10.0. The number of benzene rings is 1. The summed E-state index contributed by atoms with van der Waals surface area (Å²) >= 11 is 0. The van der Waals surface area contributed by atoms with Gasteiger partial charge >= 0.3 is 0 Å². The Labute approximate surface area is 164 Å². The third kappa shape index (κ3) is 3.39. The Balaban J connectivity index is 1.40. The van der Waals surface area contributed by atoms with Crippen LogP contribution in [0.15, 0.2) is 61.2 Å². The van der Waals surface area contributed by atoms with Gasteiger partial charge in [0.05, 0.1) is 11.9 Å². The summed E-state index contributed by atoms with van der Waals surface area (Å²) in [6.45, 7) is 3.19. The SMILES string of the molecule is c1ccc(CN2CCC[C@H](Nc3c(-c4cn[nH]c4)cnc4[nH]ccc34)C2)cc1. The van der Waals surface area contributed by atoms with Gasteiger partial charge in [0.2, 0.25) is 0 Å². The number of aromatic amines is 2. The molecule has 1 aliphatic rings. The van der Waals surface area contributed by atoms with Crippen LogP contribution in [0.1, 0.15) is 18.4 Å². The first kappa shape index (κ1) is 17.0. The number of fused-ring (bicyclic) bond motifs is 1. The molecule has 0 spiro atoms. The second-order valence-electron chi connectivity index (χ2n) is 7.48. The van der Waals surface area contributed by atoms with Crippen molar-refractivity contribution < 1.29 is 0 Å². The second-order valence-corrected chi connectivity index (χ2v) is 7.48. The van der Waals surface area contributed by atoms with Gasteiger partial charge in [-0.2, -0.15) is 5.10 Å².